The quantitative estimate of drug-likeness (QED) is 0.482. The first-order chi connectivity index (χ1) is 12.0. The highest BCUT2D eigenvalue weighted by Crippen LogP contribution is 2.31. The molecule has 0 aliphatic carbocycles. The highest BCUT2D eigenvalue weighted by Gasteiger charge is 2.51. The lowest BCUT2D eigenvalue weighted by molar-refractivity contribution is -0.133. The van der Waals surface area contributed by atoms with Gasteiger partial charge in [-0.1, -0.05) is 0 Å². The average Bonchev–Trinajstić information content (AvgIpc) is 2.90. The lowest BCUT2D eigenvalue weighted by Crippen LogP contribution is -2.64. The summed E-state index contributed by atoms with van der Waals surface area (Å²) in [5.74, 6) is -0.744. The van der Waals surface area contributed by atoms with Crippen LogP contribution >= 0.6 is 0 Å². The molecule has 4 heterocycles. The summed E-state index contributed by atoms with van der Waals surface area (Å²) in [6.07, 6.45) is 2.07. The Hall–Kier alpha value is -1.42. The third-order valence-corrected chi connectivity index (χ3v) is 5.75. The number of nitrogens with zero attached hydrogens (tertiary/aromatic N) is 1. The highest BCUT2D eigenvalue weighted by molar-refractivity contribution is 5.79. The second kappa shape index (κ2) is 6.71. The van der Waals surface area contributed by atoms with Gasteiger partial charge in [0.15, 0.2) is 0 Å². The van der Waals surface area contributed by atoms with E-state index in [-0.39, 0.29) is 48.4 Å². The summed E-state index contributed by atoms with van der Waals surface area (Å²) in [6.45, 7) is 3.33. The zero-order valence-electron chi connectivity index (χ0n) is 14.4. The molecule has 4 fully saturated rings. The predicted molar refractivity (Wildman–Crippen MR) is 88.1 cm³/mol. The first kappa shape index (κ1) is 17.0. The number of primary amides is 1. The maximum atomic E-state index is 12.6. The molecule has 5 N–H and O–H groups in total. The molecule has 9 nitrogen and oxygen atoms in total. The summed E-state index contributed by atoms with van der Waals surface area (Å²) in [5, 5.41) is 9.73. The topological polar surface area (TPSA) is 118 Å². The van der Waals surface area contributed by atoms with E-state index in [0.717, 1.165) is 19.4 Å². The van der Waals surface area contributed by atoms with Crippen LogP contribution in [0, 0.1) is 5.92 Å². The first-order valence-electron chi connectivity index (χ1n) is 9.19. The van der Waals surface area contributed by atoms with Crippen molar-refractivity contribution < 1.29 is 19.1 Å². The van der Waals surface area contributed by atoms with Crippen molar-refractivity contribution in [2.45, 2.75) is 69.4 Å². The van der Waals surface area contributed by atoms with E-state index >= 15 is 0 Å². The fourth-order valence-electron chi connectivity index (χ4n) is 4.48. The molecule has 4 rings (SSSR count). The summed E-state index contributed by atoms with van der Waals surface area (Å²) >= 11 is 0. The Labute approximate surface area is 146 Å². The van der Waals surface area contributed by atoms with Crippen LogP contribution < -0.4 is 21.7 Å². The van der Waals surface area contributed by atoms with Gasteiger partial charge in [0.05, 0.1) is 36.9 Å². The summed E-state index contributed by atoms with van der Waals surface area (Å²) in [4.78, 5) is 26.2. The van der Waals surface area contributed by atoms with Crippen LogP contribution in [0.5, 0.6) is 0 Å². The van der Waals surface area contributed by atoms with Gasteiger partial charge in [0, 0.05) is 0 Å². The smallest absolute Gasteiger partial charge is 0.320 e. The van der Waals surface area contributed by atoms with Crippen molar-refractivity contribution in [1.82, 2.24) is 20.9 Å². The zero-order chi connectivity index (χ0) is 17.6. The average molecular weight is 353 g/mol. The number of nitrogens with two attached hydrogens (primary N) is 1. The van der Waals surface area contributed by atoms with E-state index in [1.54, 1.807) is 0 Å². The molecule has 0 saturated carbocycles. The first-order valence-corrected chi connectivity index (χ1v) is 9.19. The number of ether oxygens (including phenoxy) is 2. The molecule has 3 amide bonds. The lowest BCUT2D eigenvalue weighted by Gasteiger charge is -2.44. The highest BCUT2D eigenvalue weighted by atomic mass is 16.5. The molecule has 9 heteroatoms. The van der Waals surface area contributed by atoms with E-state index < -0.39 is 6.23 Å². The predicted octanol–water partition coefficient (Wildman–Crippen LogP) is -0.969. The molecule has 25 heavy (non-hydrogen) atoms. The van der Waals surface area contributed by atoms with Crippen molar-refractivity contribution >= 4 is 11.9 Å². The van der Waals surface area contributed by atoms with Crippen LogP contribution in [-0.2, 0) is 14.3 Å². The van der Waals surface area contributed by atoms with Crippen LogP contribution in [0.2, 0.25) is 0 Å². The molecule has 4 saturated heterocycles. The van der Waals surface area contributed by atoms with Crippen molar-refractivity contribution in [3.63, 3.8) is 0 Å². The molecule has 140 valence electrons. The van der Waals surface area contributed by atoms with E-state index in [2.05, 4.69) is 16.0 Å². The van der Waals surface area contributed by atoms with Gasteiger partial charge in [-0.2, -0.15) is 0 Å². The van der Waals surface area contributed by atoms with Gasteiger partial charge in [-0.3, -0.25) is 15.4 Å². The zero-order valence-corrected chi connectivity index (χ0v) is 14.4. The Balaban J connectivity index is 1.64. The fraction of sp³-hybridized carbons (Fsp3) is 0.875. The van der Waals surface area contributed by atoms with Gasteiger partial charge in [0.1, 0.15) is 12.4 Å². The van der Waals surface area contributed by atoms with Gasteiger partial charge in [0.25, 0.3) is 0 Å². The van der Waals surface area contributed by atoms with E-state index in [1.807, 2.05) is 11.8 Å². The van der Waals surface area contributed by atoms with Gasteiger partial charge in [-0.15, -0.1) is 0 Å². The Morgan fingerprint density at radius 2 is 2.12 bits per heavy atom. The molecule has 4 aliphatic heterocycles. The third-order valence-electron chi connectivity index (χ3n) is 5.75. The minimum Gasteiger partial charge on any atom is -0.373 e. The van der Waals surface area contributed by atoms with Crippen LogP contribution in [0.15, 0.2) is 0 Å². The number of amides is 3. The number of piperidine rings is 2. The van der Waals surface area contributed by atoms with Gasteiger partial charge >= 0.3 is 6.03 Å². The molecule has 0 aromatic rings. The minimum absolute atomic E-state index is 0.0197. The van der Waals surface area contributed by atoms with Gasteiger partial charge < -0.3 is 25.4 Å². The normalized spacial score (nSPS) is 44.4. The maximum Gasteiger partial charge on any atom is 0.320 e. The molecule has 0 radical (unpaired) electrons. The molecule has 2 bridgehead atoms. The van der Waals surface area contributed by atoms with Crippen molar-refractivity contribution in [2.75, 3.05) is 13.2 Å². The van der Waals surface area contributed by atoms with E-state index in [9.17, 15) is 9.59 Å². The van der Waals surface area contributed by atoms with Crippen LogP contribution in [0.4, 0.5) is 4.79 Å². The number of hydrogen-bond donors (Lipinski definition) is 4. The Morgan fingerprint density at radius 3 is 2.92 bits per heavy atom. The van der Waals surface area contributed by atoms with Gasteiger partial charge in [-0.05, 0) is 39.2 Å². The van der Waals surface area contributed by atoms with Crippen molar-refractivity contribution in [3.05, 3.63) is 0 Å². The molecule has 0 aromatic carbocycles. The molecule has 0 aromatic heterocycles. The van der Waals surface area contributed by atoms with E-state index in [1.165, 1.54) is 0 Å². The minimum atomic E-state index is -0.469. The fourth-order valence-corrected chi connectivity index (χ4v) is 4.48. The Morgan fingerprint density at radius 1 is 1.28 bits per heavy atom. The van der Waals surface area contributed by atoms with Crippen molar-refractivity contribution in [3.8, 4) is 0 Å². The number of carbonyl (C=O) groups is 2. The number of hydrogen-bond acceptors (Lipinski definition) is 6. The largest absolute Gasteiger partial charge is 0.373 e. The lowest BCUT2D eigenvalue weighted by atomic mass is 9.93. The van der Waals surface area contributed by atoms with Crippen molar-refractivity contribution in [1.29, 1.82) is 0 Å². The van der Waals surface area contributed by atoms with E-state index in [0.29, 0.717) is 19.4 Å². The van der Waals surface area contributed by atoms with Crippen LogP contribution in [0.3, 0.4) is 0 Å². The van der Waals surface area contributed by atoms with Crippen LogP contribution in [0.1, 0.15) is 32.6 Å². The number of rotatable bonds is 1. The number of carbonyl (C=O) groups excluding carboxylic acids is 2. The molecule has 6 unspecified atom stereocenters. The van der Waals surface area contributed by atoms with Gasteiger partial charge in [0.2, 0.25) is 5.91 Å². The van der Waals surface area contributed by atoms with Gasteiger partial charge in [-0.25, -0.2) is 4.79 Å². The maximum absolute atomic E-state index is 12.6. The van der Waals surface area contributed by atoms with Crippen LogP contribution in [0.25, 0.3) is 0 Å². The number of nitrogens with one attached hydrogen (secondary N) is 3. The standard InChI is InChI=1S/C16H27N5O4/c1-8-5-7-24-15-9(13(17)22)2-3-11(19-15)21-12-10(25-8)4-6-18-14(12)20-16(21)23/h8-12,14-15,18-19H,2-7H2,1H3,(H2,17,22)(H,20,23)/t8-,9?,10?,11?,12?,14?,15?/m1/s1. The summed E-state index contributed by atoms with van der Waals surface area (Å²) < 4.78 is 12.2. The molecule has 4 aliphatic rings. The summed E-state index contributed by atoms with van der Waals surface area (Å²) in [6, 6.07) is -0.191. The van der Waals surface area contributed by atoms with Crippen molar-refractivity contribution in [2.24, 2.45) is 11.7 Å². The third kappa shape index (κ3) is 3.10. The summed E-state index contributed by atoms with van der Waals surface area (Å²) in [7, 11) is 0. The Kier molecular flexibility index (Phi) is 4.57. The monoisotopic (exact) mass is 353 g/mol. The molecule has 0 spiro atoms. The summed E-state index contributed by atoms with van der Waals surface area (Å²) in [5.41, 5.74) is 5.54. The molecular formula is C16H27N5O4. The Bertz CT molecular complexity index is 547. The SMILES string of the molecule is C[C@@H]1CCOC2NC(CCC2C(N)=O)N2C(=O)NC3NCCC(O1)C32. The van der Waals surface area contributed by atoms with Crippen LogP contribution in [-0.4, -0.2) is 66.8 Å². The number of fused-ring (bicyclic) bond motifs is 3. The number of urea groups is 1. The second-order valence-electron chi connectivity index (χ2n) is 7.40. The second-order valence-corrected chi connectivity index (χ2v) is 7.40. The van der Waals surface area contributed by atoms with E-state index in [4.69, 9.17) is 15.2 Å². The molecule has 7 atom stereocenters. The molecular weight excluding hydrogens is 326 g/mol.